The van der Waals surface area contributed by atoms with Crippen molar-refractivity contribution in [3.8, 4) is 6.07 Å². The number of hydrogen-bond donors (Lipinski definition) is 1. The Morgan fingerprint density at radius 3 is 2.65 bits per heavy atom. The first-order chi connectivity index (χ1) is 10.8. The van der Waals surface area contributed by atoms with Crippen LogP contribution in [0.15, 0.2) is 23.0 Å². The fourth-order valence-corrected chi connectivity index (χ4v) is 1.92. The van der Waals surface area contributed by atoms with E-state index >= 15 is 0 Å². The number of nitriles is 1. The third-order valence-electron chi connectivity index (χ3n) is 3.25. The van der Waals surface area contributed by atoms with E-state index in [-0.39, 0.29) is 11.3 Å². The Labute approximate surface area is 130 Å². The molecule has 0 aliphatic heterocycles. The Morgan fingerprint density at radius 1 is 1.35 bits per heavy atom. The topological polar surface area (TPSA) is 87.8 Å². The number of hydrogen-bond acceptors (Lipinski definition) is 4. The fraction of sp³-hybridized carbons (Fsp3) is 0.200. The van der Waals surface area contributed by atoms with Crippen molar-refractivity contribution in [1.82, 2.24) is 9.78 Å². The van der Waals surface area contributed by atoms with Crippen molar-refractivity contribution >= 4 is 11.6 Å². The summed E-state index contributed by atoms with van der Waals surface area (Å²) in [5, 5.41) is 15.3. The van der Waals surface area contributed by atoms with Gasteiger partial charge in [-0.05, 0) is 31.5 Å². The first kappa shape index (κ1) is 16.3. The van der Waals surface area contributed by atoms with Crippen molar-refractivity contribution < 1.29 is 13.6 Å². The summed E-state index contributed by atoms with van der Waals surface area (Å²) in [6, 6.07) is 4.67. The third-order valence-corrected chi connectivity index (χ3v) is 3.25. The van der Waals surface area contributed by atoms with Crippen LogP contribution in [0.4, 0.5) is 14.5 Å². The standard InChI is InChI=1S/C15H12F2N4O2/c1-8-9(2)20-21(15(23)11(8)6-18)7-14(22)19-10-3-4-12(16)13(17)5-10/h3-5H,7H2,1-2H3,(H,19,22). The average molecular weight is 318 g/mol. The second-order valence-corrected chi connectivity index (χ2v) is 4.84. The van der Waals surface area contributed by atoms with E-state index in [9.17, 15) is 18.4 Å². The van der Waals surface area contributed by atoms with Crippen molar-refractivity contribution in [3.63, 3.8) is 0 Å². The van der Waals surface area contributed by atoms with Gasteiger partial charge in [0.1, 0.15) is 18.2 Å². The fourth-order valence-electron chi connectivity index (χ4n) is 1.92. The number of nitrogens with zero attached hydrogens (tertiary/aromatic N) is 3. The smallest absolute Gasteiger partial charge is 0.285 e. The summed E-state index contributed by atoms with van der Waals surface area (Å²) in [7, 11) is 0. The molecule has 0 unspecified atom stereocenters. The number of carbonyl (C=O) groups is 1. The molecule has 1 heterocycles. The summed E-state index contributed by atoms with van der Waals surface area (Å²) < 4.78 is 26.8. The lowest BCUT2D eigenvalue weighted by atomic mass is 10.1. The van der Waals surface area contributed by atoms with E-state index in [4.69, 9.17) is 5.26 Å². The van der Waals surface area contributed by atoms with E-state index in [2.05, 4.69) is 10.4 Å². The van der Waals surface area contributed by atoms with Gasteiger partial charge < -0.3 is 5.32 Å². The zero-order valence-electron chi connectivity index (χ0n) is 12.4. The van der Waals surface area contributed by atoms with Gasteiger partial charge in [0, 0.05) is 11.8 Å². The van der Waals surface area contributed by atoms with E-state index in [0.717, 1.165) is 16.8 Å². The quantitative estimate of drug-likeness (QED) is 0.932. The second kappa shape index (κ2) is 6.36. The molecule has 0 radical (unpaired) electrons. The minimum atomic E-state index is -1.10. The summed E-state index contributed by atoms with van der Waals surface area (Å²) >= 11 is 0. The first-order valence-corrected chi connectivity index (χ1v) is 6.56. The van der Waals surface area contributed by atoms with Crippen molar-refractivity contribution in [2.24, 2.45) is 0 Å². The number of amides is 1. The van der Waals surface area contributed by atoms with Gasteiger partial charge in [0.15, 0.2) is 11.6 Å². The normalized spacial score (nSPS) is 10.2. The summed E-state index contributed by atoms with van der Waals surface area (Å²) in [5.41, 5.74) is 0.178. The lowest BCUT2D eigenvalue weighted by molar-refractivity contribution is -0.117. The molecule has 0 bridgehead atoms. The Bertz CT molecular complexity index is 884. The zero-order chi connectivity index (χ0) is 17.1. The van der Waals surface area contributed by atoms with Crippen LogP contribution in [0.1, 0.15) is 16.8 Å². The Hall–Kier alpha value is -3.08. The molecule has 8 heteroatoms. The monoisotopic (exact) mass is 318 g/mol. The van der Waals surface area contributed by atoms with Gasteiger partial charge in [-0.2, -0.15) is 10.4 Å². The van der Waals surface area contributed by atoms with E-state index in [1.54, 1.807) is 19.9 Å². The van der Waals surface area contributed by atoms with Crippen LogP contribution in [0.3, 0.4) is 0 Å². The van der Waals surface area contributed by atoms with Crippen molar-refractivity contribution in [3.05, 3.63) is 57.0 Å². The second-order valence-electron chi connectivity index (χ2n) is 4.84. The SMILES string of the molecule is Cc1nn(CC(=O)Nc2ccc(F)c(F)c2)c(=O)c(C#N)c1C. The zero-order valence-corrected chi connectivity index (χ0v) is 12.4. The molecule has 118 valence electrons. The van der Waals surface area contributed by atoms with Crippen LogP contribution < -0.4 is 10.9 Å². The molecule has 1 aromatic carbocycles. The Morgan fingerprint density at radius 2 is 2.04 bits per heavy atom. The summed E-state index contributed by atoms with van der Waals surface area (Å²) in [5.74, 6) is -2.79. The highest BCUT2D eigenvalue weighted by Crippen LogP contribution is 2.13. The molecule has 23 heavy (non-hydrogen) atoms. The molecule has 6 nitrogen and oxygen atoms in total. The van der Waals surface area contributed by atoms with Gasteiger partial charge in [0.05, 0.1) is 5.69 Å². The number of nitrogens with one attached hydrogen (secondary N) is 1. The molecule has 0 saturated carbocycles. The van der Waals surface area contributed by atoms with Crippen molar-refractivity contribution in [1.29, 1.82) is 5.26 Å². The minimum Gasteiger partial charge on any atom is -0.324 e. The van der Waals surface area contributed by atoms with Gasteiger partial charge in [0.25, 0.3) is 5.56 Å². The maximum absolute atomic E-state index is 13.1. The van der Waals surface area contributed by atoms with Gasteiger partial charge in [-0.25, -0.2) is 13.5 Å². The largest absolute Gasteiger partial charge is 0.324 e. The molecular weight excluding hydrogens is 306 g/mol. The molecule has 0 aliphatic rings. The van der Waals surface area contributed by atoms with Crippen LogP contribution in [-0.4, -0.2) is 15.7 Å². The number of anilines is 1. The average Bonchev–Trinajstić information content (AvgIpc) is 2.49. The number of benzene rings is 1. The molecule has 0 spiro atoms. The third kappa shape index (κ3) is 3.40. The molecule has 0 fully saturated rings. The van der Waals surface area contributed by atoms with Crippen LogP contribution in [0, 0.1) is 36.8 Å². The van der Waals surface area contributed by atoms with Crippen molar-refractivity contribution in [2.75, 3.05) is 5.32 Å². The molecule has 0 saturated heterocycles. The Kier molecular flexibility index (Phi) is 4.50. The first-order valence-electron chi connectivity index (χ1n) is 6.56. The molecule has 2 rings (SSSR count). The number of halogens is 2. The molecule has 0 atom stereocenters. The van der Waals surface area contributed by atoms with Crippen LogP contribution in [-0.2, 0) is 11.3 Å². The number of aromatic nitrogens is 2. The summed E-state index contributed by atoms with van der Waals surface area (Å²) in [6.07, 6.45) is 0. The van der Waals surface area contributed by atoms with Gasteiger partial charge in [-0.15, -0.1) is 0 Å². The molecule has 1 amide bonds. The lowest BCUT2D eigenvalue weighted by Gasteiger charge is -2.09. The predicted octanol–water partition coefficient (Wildman–Crippen LogP) is 1.65. The Balaban J connectivity index is 2.24. The van der Waals surface area contributed by atoms with Crippen LogP contribution in [0.2, 0.25) is 0 Å². The minimum absolute atomic E-state index is 0.0475. The van der Waals surface area contributed by atoms with Gasteiger partial charge in [-0.1, -0.05) is 0 Å². The molecule has 1 N–H and O–H groups in total. The van der Waals surface area contributed by atoms with Gasteiger partial charge in [-0.3, -0.25) is 9.59 Å². The van der Waals surface area contributed by atoms with Crippen molar-refractivity contribution in [2.45, 2.75) is 20.4 Å². The lowest BCUT2D eigenvalue weighted by Crippen LogP contribution is -2.32. The summed E-state index contributed by atoms with van der Waals surface area (Å²) in [4.78, 5) is 24.0. The highest BCUT2D eigenvalue weighted by atomic mass is 19.2. The number of aryl methyl sites for hydroxylation is 1. The van der Waals surface area contributed by atoms with Crippen LogP contribution >= 0.6 is 0 Å². The highest BCUT2D eigenvalue weighted by molar-refractivity contribution is 5.90. The number of rotatable bonds is 3. The maximum atomic E-state index is 13.1. The van der Waals surface area contributed by atoms with Gasteiger partial charge in [0.2, 0.25) is 5.91 Å². The highest BCUT2D eigenvalue weighted by Gasteiger charge is 2.14. The predicted molar refractivity (Wildman–Crippen MR) is 77.7 cm³/mol. The van der Waals surface area contributed by atoms with E-state index in [1.807, 2.05) is 0 Å². The van der Waals surface area contributed by atoms with Gasteiger partial charge >= 0.3 is 0 Å². The molecule has 1 aromatic heterocycles. The van der Waals surface area contributed by atoms with E-state index in [0.29, 0.717) is 11.3 Å². The van der Waals surface area contributed by atoms with E-state index in [1.165, 1.54) is 6.07 Å². The molecule has 2 aromatic rings. The van der Waals surface area contributed by atoms with Crippen LogP contribution in [0.25, 0.3) is 0 Å². The number of carbonyl (C=O) groups excluding carboxylic acids is 1. The molecular formula is C15H12F2N4O2. The maximum Gasteiger partial charge on any atom is 0.285 e. The summed E-state index contributed by atoms with van der Waals surface area (Å²) in [6.45, 7) is 2.75. The molecule has 0 aliphatic carbocycles. The van der Waals surface area contributed by atoms with E-state index < -0.39 is 29.6 Å². The van der Waals surface area contributed by atoms with Crippen LogP contribution in [0.5, 0.6) is 0 Å².